The Morgan fingerprint density at radius 2 is 1.95 bits per heavy atom. The van der Waals surface area contributed by atoms with Gasteiger partial charge in [0.1, 0.15) is 5.75 Å². The zero-order chi connectivity index (χ0) is 15.1. The maximum Gasteiger partial charge on any atom is 0.133 e. The Morgan fingerprint density at radius 3 is 2.62 bits per heavy atom. The van der Waals surface area contributed by atoms with E-state index >= 15 is 0 Å². The molecule has 0 bridgehead atoms. The summed E-state index contributed by atoms with van der Waals surface area (Å²) in [5, 5.41) is 13.3. The molecule has 2 aromatic carbocycles. The number of hydrogen-bond donors (Lipinski definition) is 2. The number of nitrogens with one attached hydrogen (secondary N) is 1. The van der Waals surface area contributed by atoms with Crippen molar-refractivity contribution in [3.8, 4) is 5.75 Å². The lowest BCUT2D eigenvalue weighted by molar-refractivity contribution is 0.175. The molecule has 2 N–H and O–H groups in total. The van der Waals surface area contributed by atoms with Crippen LogP contribution in [0.3, 0.4) is 0 Å². The molecule has 3 nitrogen and oxygen atoms in total. The maximum absolute atomic E-state index is 10.0. The predicted molar refractivity (Wildman–Crippen MR) is 88.7 cm³/mol. The van der Waals surface area contributed by atoms with Gasteiger partial charge in [-0.15, -0.1) is 0 Å². The SMILES string of the molecule is COc1ccc(CCNCC(O)c2ccccc2)cc1Br. The van der Waals surface area contributed by atoms with Crippen molar-refractivity contribution in [2.24, 2.45) is 0 Å². The van der Waals surface area contributed by atoms with Crippen molar-refractivity contribution in [3.63, 3.8) is 0 Å². The lowest BCUT2D eigenvalue weighted by Crippen LogP contribution is -2.23. The second kappa shape index (κ2) is 8.17. The van der Waals surface area contributed by atoms with Crippen molar-refractivity contribution < 1.29 is 9.84 Å². The van der Waals surface area contributed by atoms with Crippen molar-refractivity contribution >= 4 is 15.9 Å². The number of halogens is 1. The molecule has 0 radical (unpaired) electrons. The summed E-state index contributed by atoms with van der Waals surface area (Å²) in [6, 6.07) is 15.8. The van der Waals surface area contributed by atoms with Crippen molar-refractivity contribution in [1.82, 2.24) is 5.32 Å². The first-order chi connectivity index (χ1) is 10.2. The third-order valence-electron chi connectivity index (χ3n) is 3.33. The number of benzene rings is 2. The zero-order valence-electron chi connectivity index (χ0n) is 12.1. The molecule has 0 amide bonds. The van der Waals surface area contributed by atoms with Gasteiger partial charge in [0.25, 0.3) is 0 Å². The Kier molecular flexibility index (Phi) is 6.23. The average molecular weight is 350 g/mol. The zero-order valence-corrected chi connectivity index (χ0v) is 13.6. The highest BCUT2D eigenvalue weighted by Crippen LogP contribution is 2.25. The van der Waals surface area contributed by atoms with Crippen LogP contribution in [0.5, 0.6) is 5.75 Å². The van der Waals surface area contributed by atoms with Crippen LogP contribution in [0.1, 0.15) is 17.2 Å². The Hall–Kier alpha value is -1.36. The van der Waals surface area contributed by atoms with Crippen LogP contribution in [0.15, 0.2) is 53.0 Å². The molecule has 0 aliphatic rings. The van der Waals surface area contributed by atoms with Gasteiger partial charge in [0.15, 0.2) is 0 Å². The number of methoxy groups -OCH3 is 1. The highest BCUT2D eigenvalue weighted by Gasteiger charge is 2.06. The number of aliphatic hydroxyl groups excluding tert-OH is 1. The standard InChI is InChI=1S/C17H20BrNO2/c1-21-17-8-7-13(11-15(17)18)9-10-19-12-16(20)14-5-3-2-4-6-14/h2-8,11,16,19-20H,9-10,12H2,1H3. The van der Waals surface area contributed by atoms with Gasteiger partial charge in [-0.05, 0) is 52.2 Å². The molecule has 2 rings (SSSR count). The summed E-state index contributed by atoms with van der Waals surface area (Å²) < 4.78 is 6.18. The van der Waals surface area contributed by atoms with E-state index < -0.39 is 6.10 Å². The molecule has 0 fully saturated rings. The maximum atomic E-state index is 10.0. The van der Waals surface area contributed by atoms with Crippen molar-refractivity contribution in [2.75, 3.05) is 20.2 Å². The molecular weight excluding hydrogens is 330 g/mol. The van der Waals surface area contributed by atoms with E-state index in [-0.39, 0.29) is 0 Å². The first kappa shape index (κ1) is 16.0. The lowest BCUT2D eigenvalue weighted by Gasteiger charge is -2.12. The fraction of sp³-hybridized carbons (Fsp3) is 0.294. The molecule has 0 heterocycles. The molecule has 4 heteroatoms. The van der Waals surface area contributed by atoms with Crippen LogP contribution in [0.25, 0.3) is 0 Å². The highest BCUT2D eigenvalue weighted by molar-refractivity contribution is 9.10. The van der Waals surface area contributed by atoms with E-state index in [1.54, 1.807) is 7.11 Å². The van der Waals surface area contributed by atoms with Crippen LogP contribution in [0, 0.1) is 0 Å². The smallest absolute Gasteiger partial charge is 0.133 e. The minimum absolute atomic E-state index is 0.464. The molecule has 0 spiro atoms. The normalized spacial score (nSPS) is 12.1. The Labute approximate surface area is 134 Å². The van der Waals surface area contributed by atoms with Gasteiger partial charge in [-0.3, -0.25) is 0 Å². The monoisotopic (exact) mass is 349 g/mol. The van der Waals surface area contributed by atoms with E-state index in [4.69, 9.17) is 4.74 Å². The average Bonchev–Trinajstić information content (AvgIpc) is 2.52. The second-order valence-electron chi connectivity index (χ2n) is 4.85. The van der Waals surface area contributed by atoms with E-state index in [1.807, 2.05) is 36.4 Å². The number of aliphatic hydroxyl groups is 1. The van der Waals surface area contributed by atoms with Gasteiger partial charge in [-0.1, -0.05) is 36.4 Å². The van der Waals surface area contributed by atoms with Gasteiger partial charge < -0.3 is 15.2 Å². The molecular formula is C17H20BrNO2. The van der Waals surface area contributed by atoms with Crippen LogP contribution in [0.4, 0.5) is 0 Å². The number of ether oxygens (including phenoxy) is 1. The van der Waals surface area contributed by atoms with Crippen LogP contribution in [0.2, 0.25) is 0 Å². The first-order valence-corrected chi connectivity index (χ1v) is 7.76. The quantitative estimate of drug-likeness (QED) is 0.753. The summed E-state index contributed by atoms with van der Waals surface area (Å²) >= 11 is 3.48. The summed E-state index contributed by atoms with van der Waals surface area (Å²) in [7, 11) is 1.66. The van der Waals surface area contributed by atoms with E-state index in [0.717, 1.165) is 28.8 Å². The number of rotatable bonds is 7. The van der Waals surface area contributed by atoms with Crippen LogP contribution in [-0.4, -0.2) is 25.3 Å². The van der Waals surface area contributed by atoms with Gasteiger partial charge in [-0.25, -0.2) is 0 Å². The minimum atomic E-state index is -0.464. The summed E-state index contributed by atoms with van der Waals surface area (Å²) in [5.41, 5.74) is 2.17. The topological polar surface area (TPSA) is 41.5 Å². The van der Waals surface area contributed by atoms with E-state index in [9.17, 15) is 5.11 Å². The van der Waals surface area contributed by atoms with E-state index in [1.165, 1.54) is 5.56 Å². The third kappa shape index (κ3) is 4.84. The van der Waals surface area contributed by atoms with Gasteiger partial charge >= 0.3 is 0 Å². The molecule has 21 heavy (non-hydrogen) atoms. The molecule has 1 unspecified atom stereocenters. The van der Waals surface area contributed by atoms with Crippen molar-refractivity contribution in [3.05, 3.63) is 64.1 Å². The minimum Gasteiger partial charge on any atom is -0.496 e. The predicted octanol–water partition coefficient (Wildman–Crippen LogP) is 3.32. The van der Waals surface area contributed by atoms with Crippen LogP contribution >= 0.6 is 15.9 Å². The van der Waals surface area contributed by atoms with E-state index in [0.29, 0.717) is 6.54 Å². The second-order valence-corrected chi connectivity index (χ2v) is 5.70. The van der Waals surface area contributed by atoms with Crippen molar-refractivity contribution in [1.29, 1.82) is 0 Å². The van der Waals surface area contributed by atoms with Crippen LogP contribution in [-0.2, 0) is 6.42 Å². The number of hydrogen-bond acceptors (Lipinski definition) is 3. The molecule has 1 atom stereocenters. The fourth-order valence-corrected chi connectivity index (χ4v) is 2.72. The molecule has 112 valence electrons. The summed E-state index contributed by atoms with van der Waals surface area (Å²) in [6.45, 7) is 1.38. The summed E-state index contributed by atoms with van der Waals surface area (Å²) in [6.07, 6.45) is 0.443. The lowest BCUT2D eigenvalue weighted by atomic mass is 10.1. The summed E-state index contributed by atoms with van der Waals surface area (Å²) in [4.78, 5) is 0. The van der Waals surface area contributed by atoms with Crippen molar-refractivity contribution in [2.45, 2.75) is 12.5 Å². The van der Waals surface area contributed by atoms with Crippen LogP contribution < -0.4 is 10.1 Å². The molecule has 0 saturated carbocycles. The summed E-state index contributed by atoms with van der Waals surface area (Å²) in [5.74, 6) is 0.839. The van der Waals surface area contributed by atoms with Gasteiger partial charge in [0.2, 0.25) is 0 Å². The van der Waals surface area contributed by atoms with Gasteiger partial charge in [-0.2, -0.15) is 0 Å². The molecule has 0 saturated heterocycles. The molecule has 2 aromatic rings. The highest BCUT2D eigenvalue weighted by atomic mass is 79.9. The Morgan fingerprint density at radius 1 is 1.19 bits per heavy atom. The molecule has 0 aromatic heterocycles. The van der Waals surface area contributed by atoms with Gasteiger partial charge in [0, 0.05) is 6.54 Å². The van der Waals surface area contributed by atoms with Gasteiger partial charge in [0.05, 0.1) is 17.7 Å². The van der Waals surface area contributed by atoms with E-state index in [2.05, 4.69) is 33.4 Å². The third-order valence-corrected chi connectivity index (χ3v) is 3.95. The Bertz CT molecular complexity index is 560. The first-order valence-electron chi connectivity index (χ1n) is 6.97. The largest absolute Gasteiger partial charge is 0.496 e. The molecule has 0 aliphatic heterocycles. The fourth-order valence-electron chi connectivity index (χ4n) is 2.13. The molecule has 0 aliphatic carbocycles. The Balaban J connectivity index is 1.76.